The van der Waals surface area contributed by atoms with Gasteiger partial charge in [0.2, 0.25) is 0 Å². The number of nitrogens with zero attached hydrogens (tertiary/aromatic N) is 1. The zero-order valence-corrected chi connectivity index (χ0v) is 12.3. The van der Waals surface area contributed by atoms with E-state index in [1.807, 2.05) is 0 Å². The Morgan fingerprint density at radius 3 is 2.47 bits per heavy atom. The molecule has 1 aromatic rings. The fourth-order valence-electron chi connectivity index (χ4n) is 2.42. The molecule has 2 atom stereocenters. The summed E-state index contributed by atoms with van der Waals surface area (Å²) in [4.78, 5) is 2.42. The fraction of sp³-hybridized carbons (Fsp3) is 0.571. The van der Waals surface area contributed by atoms with Gasteiger partial charge in [-0.1, -0.05) is 22.0 Å². The predicted molar refractivity (Wildman–Crippen MR) is 76.0 cm³/mol. The SMILES string of the molecule is Cc1cc(N2C[C@@H](C)O[C@@H](C)C2)ccc1CBr. The first kappa shape index (κ1) is 12.9. The van der Waals surface area contributed by atoms with Crippen molar-refractivity contribution in [1.82, 2.24) is 0 Å². The van der Waals surface area contributed by atoms with Crippen LogP contribution in [0.5, 0.6) is 0 Å². The van der Waals surface area contributed by atoms with Crippen LogP contribution in [0.2, 0.25) is 0 Å². The lowest BCUT2D eigenvalue weighted by atomic mass is 10.1. The van der Waals surface area contributed by atoms with Crippen LogP contribution in [0.3, 0.4) is 0 Å². The Hall–Kier alpha value is -0.540. The van der Waals surface area contributed by atoms with Gasteiger partial charge in [0, 0.05) is 24.1 Å². The van der Waals surface area contributed by atoms with E-state index in [-0.39, 0.29) is 0 Å². The van der Waals surface area contributed by atoms with E-state index in [2.05, 4.69) is 59.8 Å². The molecule has 2 nitrogen and oxygen atoms in total. The second-order valence-corrected chi connectivity index (χ2v) is 5.47. The van der Waals surface area contributed by atoms with Crippen molar-refractivity contribution in [3.8, 4) is 0 Å². The molecular formula is C14H20BrNO. The molecule has 17 heavy (non-hydrogen) atoms. The van der Waals surface area contributed by atoms with Gasteiger partial charge in [0.25, 0.3) is 0 Å². The molecule has 0 saturated carbocycles. The number of halogens is 1. The van der Waals surface area contributed by atoms with E-state index in [0.717, 1.165) is 18.4 Å². The molecule has 0 radical (unpaired) electrons. The lowest BCUT2D eigenvalue weighted by molar-refractivity contribution is -0.00522. The average molecular weight is 298 g/mol. The van der Waals surface area contributed by atoms with E-state index < -0.39 is 0 Å². The summed E-state index contributed by atoms with van der Waals surface area (Å²) in [5.74, 6) is 0. The van der Waals surface area contributed by atoms with Gasteiger partial charge in [0.1, 0.15) is 0 Å². The number of hydrogen-bond acceptors (Lipinski definition) is 2. The monoisotopic (exact) mass is 297 g/mol. The van der Waals surface area contributed by atoms with Gasteiger partial charge in [0.15, 0.2) is 0 Å². The molecule has 0 amide bonds. The van der Waals surface area contributed by atoms with Gasteiger partial charge < -0.3 is 9.64 Å². The first-order chi connectivity index (χ1) is 8.10. The topological polar surface area (TPSA) is 12.5 Å². The normalized spacial score (nSPS) is 25.1. The molecule has 0 bridgehead atoms. The van der Waals surface area contributed by atoms with Crippen molar-refractivity contribution >= 4 is 21.6 Å². The Kier molecular flexibility index (Phi) is 4.10. The van der Waals surface area contributed by atoms with Gasteiger partial charge in [0.05, 0.1) is 12.2 Å². The first-order valence-electron chi connectivity index (χ1n) is 6.16. The third-order valence-corrected chi connectivity index (χ3v) is 3.86. The highest BCUT2D eigenvalue weighted by atomic mass is 79.9. The van der Waals surface area contributed by atoms with Crippen molar-refractivity contribution in [3.63, 3.8) is 0 Å². The number of ether oxygens (including phenoxy) is 1. The first-order valence-corrected chi connectivity index (χ1v) is 7.28. The molecule has 0 N–H and O–H groups in total. The Balaban J connectivity index is 2.19. The number of hydrogen-bond donors (Lipinski definition) is 0. The Morgan fingerprint density at radius 2 is 1.94 bits per heavy atom. The van der Waals surface area contributed by atoms with E-state index in [1.54, 1.807) is 0 Å². The van der Waals surface area contributed by atoms with Crippen LogP contribution >= 0.6 is 15.9 Å². The number of rotatable bonds is 2. The van der Waals surface area contributed by atoms with Crippen LogP contribution in [0.25, 0.3) is 0 Å². The van der Waals surface area contributed by atoms with Crippen LogP contribution in [0.4, 0.5) is 5.69 Å². The van der Waals surface area contributed by atoms with Crippen molar-refractivity contribution in [2.75, 3.05) is 18.0 Å². The third-order valence-electron chi connectivity index (χ3n) is 3.25. The third kappa shape index (κ3) is 3.02. The number of aryl methyl sites for hydroxylation is 1. The maximum Gasteiger partial charge on any atom is 0.0726 e. The lowest BCUT2D eigenvalue weighted by Gasteiger charge is -2.37. The summed E-state index contributed by atoms with van der Waals surface area (Å²) in [6.45, 7) is 8.42. The number of benzene rings is 1. The Bertz CT molecular complexity index is 384. The van der Waals surface area contributed by atoms with Crippen molar-refractivity contribution in [3.05, 3.63) is 29.3 Å². The van der Waals surface area contributed by atoms with Gasteiger partial charge >= 0.3 is 0 Å². The summed E-state index contributed by atoms with van der Waals surface area (Å²) in [6, 6.07) is 6.71. The van der Waals surface area contributed by atoms with E-state index in [0.29, 0.717) is 12.2 Å². The molecule has 1 aromatic carbocycles. The molecule has 0 spiro atoms. The largest absolute Gasteiger partial charge is 0.372 e. The van der Waals surface area contributed by atoms with E-state index in [4.69, 9.17) is 4.74 Å². The number of morpholine rings is 1. The second kappa shape index (κ2) is 5.40. The summed E-state index contributed by atoms with van der Waals surface area (Å²) in [6.07, 6.45) is 0.629. The zero-order chi connectivity index (χ0) is 12.4. The van der Waals surface area contributed by atoms with Gasteiger partial charge in [-0.25, -0.2) is 0 Å². The van der Waals surface area contributed by atoms with Crippen LogP contribution in [-0.4, -0.2) is 25.3 Å². The van der Waals surface area contributed by atoms with Gasteiger partial charge in [-0.05, 0) is 44.0 Å². The minimum absolute atomic E-state index is 0.315. The molecule has 1 heterocycles. The average Bonchev–Trinajstić information content (AvgIpc) is 2.27. The quantitative estimate of drug-likeness (QED) is 0.775. The highest BCUT2D eigenvalue weighted by Crippen LogP contribution is 2.24. The summed E-state index contributed by atoms with van der Waals surface area (Å²) in [5, 5.41) is 0.926. The highest BCUT2D eigenvalue weighted by molar-refractivity contribution is 9.08. The van der Waals surface area contributed by atoms with Gasteiger partial charge in [-0.2, -0.15) is 0 Å². The molecule has 0 aromatic heterocycles. The van der Waals surface area contributed by atoms with Crippen molar-refractivity contribution in [1.29, 1.82) is 0 Å². The molecule has 1 aliphatic rings. The molecule has 2 rings (SSSR count). The molecule has 94 valence electrons. The predicted octanol–water partition coefficient (Wildman–Crippen LogP) is 3.50. The van der Waals surface area contributed by atoms with Crippen LogP contribution in [0.1, 0.15) is 25.0 Å². The van der Waals surface area contributed by atoms with Crippen molar-refractivity contribution < 1.29 is 4.74 Å². The maximum atomic E-state index is 5.76. The van der Waals surface area contributed by atoms with Crippen molar-refractivity contribution in [2.24, 2.45) is 0 Å². The molecular weight excluding hydrogens is 278 g/mol. The minimum Gasteiger partial charge on any atom is -0.372 e. The minimum atomic E-state index is 0.315. The molecule has 1 fully saturated rings. The van der Waals surface area contributed by atoms with Crippen molar-refractivity contribution in [2.45, 2.75) is 38.3 Å². The number of anilines is 1. The fourth-order valence-corrected chi connectivity index (χ4v) is 3.04. The molecule has 0 aliphatic carbocycles. The molecule has 1 aliphatic heterocycles. The standard InChI is InChI=1S/C14H20BrNO/c1-10-6-14(5-4-13(10)7-15)16-8-11(2)17-12(3)9-16/h4-6,11-12H,7-9H2,1-3H3/t11-,12+. The molecule has 1 saturated heterocycles. The zero-order valence-electron chi connectivity index (χ0n) is 10.7. The van der Waals surface area contributed by atoms with E-state index >= 15 is 0 Å². The second-order valence-electron chi connectivity index (χ2n) is 4.91. The smallest absolute Gasteiger partial charge is 0.0726 e. The Labute approximate surface area is 112 Å². The van der Waals surface area contributed by atoms with E-state index in [9.17, 15) is 0 Å². The van der Waals surface area contributed by atoms with Crippen LogP contribution < -0.4 is 4.90 Å². The summed E-state index contributed by atoms with van der Waals surface area (Å²) < 4.78 is 5.76. The van der Waals surface area contributed by atoms with Crippen LogP contribution in [0, 0.1) is 6.92 Å². The highest BCUT2D eigenvalue weighted by Gasteiger charge is 2.22. The lowest BCUT2D eigenvalue weighted by Crippen LogP contribution is -2.45. The van der Waals surface area contributed by atoms with Crippen LogP contribution in [-0.2, 0) is 10.1 Å². The molecule has 3 heteroatoms. The molecule has 0 unspecified atom stereocenters. The summed E-state index contributed by atoms with van der Waals surface area (Å²) >= 11 is 3.51. The van der Waals surface area contributed by atoms with Gasteiger partial charge in [-0.3, -0.25) is 0 Å². The Morgan fingerprint density at radius 1 is 1.29 bits per heavy atom. The summed E-state index contributed by atoms with van der Waals surface area (Å²) in [7, 11) is 0. The van der Waals surface area contributed by atoms with Crippen LogP contribution in [0.15, 0.2) is 18.2 Å². The van der Waals surface area contributed by atoms with Gasteiger partial charge in [-0.15, -0.1) is 0 Å². The summed E-state index contributed by atoms with van der Waals surface area (Å²) in [5.41, 5.74) is 4.03. The number of alkyl halides is 1. The van der Waals surface area contributed by atoms with E-state index in [1.165, 1.54) is 16.8 Å². The maximum absolute atomic E-state index is 5.76.